The predicted molar refractivity (Wildman–Crippen MR) is 74.0 cm³/mol. The molecule has 0 spiro atoms. The third-order valence-electron chi connectivity index (χ3n) is 2.53. The van der Waals surface area contributed by atoms with Crippen LogP contribution in [0, 0.1) is 0 Å². The minimum atomic E-state index is 0.217. The molecule has 16 heavy (non-hydrogen) atoms. The molecule has 1 N–H and O–H groups in total. The number of rotatable bonds is 11. The van der Waals surface area contributed by atoms with Crippen LogP contribution in [0.1, 0.15) is 58.8 Å². The summed E-state index contributed by atoms with van der Waals surface area (Å²) in [4.78, 5) is 11.3. The van der Waals surface area contributed by atoms with Crippen molar-refractivity contribution in [2.45, 2.75) is 58.8 Å². The van der Waals surface area contributed by atoms with Crippen molar-refractivity contribution in [3.8, 4) is 0 Å². The van der Waals surface area contributed by atoms with E-state index in [4.69, 9.17) is 0 Å². The van der Waals surface area contributed by atoms with Crippen molar-refractivity contribution in [1.29, 1.82) is 0 Å². The van der Waals surface area contributed by atoms with E-state index in [-0.39, 0.29) is 5.91 Å². The van der Waals surface area contributed by atoms with Gasteiger partial charge in [0.05, 0.1) is 0 Å². The van der Waals surface area contributed by atoms with Crippen molar-refractivity contribution < 1.29 is 4.79 Å². The van der Waals surface area contributed by atoms with Gasteiger partial charge >= 0.3 is 0 Å². The molecule has 0 bridgehead atoms. The second-order valence-corrected chi connectivity index (χ2v) is 5.46. The lowest BCUT2D eigenvalue weighted by Crippen LogP contribution is -2.24. The number of carbonyl (C=O) groups excluding carboxylic acids is 1. The van der Waals surface area contributed by atoms with Gasteiger partial charge < -0.3 is 5.32 Å². The van der Waals surface area contributed by atoms with E-state index in [0.717, 1.165) is 24.5 Å². The minimum Gasteiger partial charge on any atom is -0.356 e. The fraction of sp³-hybridized carbons (Fsp3) is 0.923. The third kappa shape index (κ3) is 11.9. The molecule has 1 amide bonds. The molecular formula is C13H27NOS. The van der Waals surface area contributed by atoms with Crippen molar-refractivity contribution in [3.05, 3.63) is 0 Å². The number of hydrogen-bond acceptors (Lipinski definition) is 2. The summed E-state index contributed by atoms with van der Waals surface area (Å²) in [7, 11) is 0. The summed E-state index contributed by atoms with van der Waals surface area (Å²) >= 11 is 1.83. The van der Waals surface area contributed by atoms with E-state index < -0.39 is 0 Å². The molecule has 0 aliphatic rings. The molecule has 96 valence electrons. The Hall–Kier alpha value is -0.180. The van der Waals surface area contributed by atoms with Gasteiger partial charge in [-0.2, -0.15) is 11.8 Å². The van der Waals surface area contributed by atoms with Gasteiger partial charge in [-0.1, -0.05) is 46.0 Å². The van der Waals surface area contributed by atoms with Crippen LogP contribution < -0.4 is 5.32 Å². The standard InChI is InChI=1S/C13H27NOS/c1-3-5-6-7-8-9-11-14-13(15)10-12-16-4-2/h3-12H2,1-2H3,(H,14,15). The SMILES string of the molecule is CCCCCCCCNC(=O)CCSCC. The summed E-state index contributed by atoms with van der Waals surface area (Å²) in [6.45, 7) is 5.22. The fourth-order valence-corrected chi connectivity index (χ4v) is 2.15. The molecule has 0 aromatic rings. The topological polar surface area (TPSA) is 29.1 Å². The monoisotopic (exact) mass is 245 g/mol. The lowest BCUT2D eigenvalue weighted by Gasteiger charge is -2.04. The number of unbranched alkanes of at least 4 members (excludes halogenated alkanes) is 5. The fourth-order valence-electron chi connectivity index (χ4n) is 1.53. The average Bonchev–Trinajstić information content (AvgIpc) is 2.28. The van der Waals surface area contributed by atoms with Gasteiger partial charge in [0.15, 0.2) is 0 Å². The van der Waals surface area contributed by atoms with Gasteiger partial charge in [0.25, 0.3) is 0 Å². The van der Waals surface area contributed by atoms with Crippen LogP contribution in [-0.4, -0.2) is 24.0 Å². The van der Waals surface area contributed by atoms with Crippen molar-refractivity contribution >= 4 is 17.7 Å². The first kappa shape index (κ1) is 15.8. The normalized spacial score (nSPS) is 10.4. The number of amides is 1. The maximum absolute atomic E-state index is 11.3. The molecule has 0 radical (unpaired) electrons. The molecule has 0 atom stereocenters. The van der Waals surface area contributed by atoms with Gasteiger partial charge in [-0.3, -0.25) is 4.79 Å². The Bertz CT molecular complexity index is 162. The highest BCUT2D eigenvalue weighted by Crippen LogP contribution is 2.04. The molecular weight excluding hydrogens is 218 g/mol. The third-order valence-corrected chi connectivity index (χ3v) is 3.43. The van der Waals surface area contributed by atoms with Crippen molar-refractivity contribution in [2.24, 2.45) is 0 Å². The molecule has 0 saturated carbocycles. The molecule has 0 aromatic heterocycles. The second kappa shape index (κ2) is 12.9. The van der Waals surface area contributed by atoms with Crippen molar-refractivity contribution in [3.63, 3.8) is 0 Å². The summed E-state index contributed by atoms with van der Waals surface area (Å²) in [5.74, 6) is 2.28. The molecule has 0 aromatic carbocycles. The quantitative estimate of drug-likeness (QED) is 0.563. The number of nitrogens with one attached hydrogen (secondary N) is 1. The Labute approximate surface area is 105 Å². The van der Waals surface area contributed by atoms with Crippen LogP contribution in [0.4, 0.5) is 0 Å². The van der Waals surface area contributed by atoms with E-state index in [9.17, 15) is 4.79 Å². The highest BCUT2D eigenvalue weighted by atomic mass is 32.2. The van der Waals surface area contributed by atoms with Crippen LogP contribution in [0.2, 0.25) is 0 Å². The van der Waals surface area contributed by atoms with Crippen LogP contribution in [0.15, 0.2) is 0 Å². The molecule has 0 rings (SSSR count). The van der Waals surface area contributed by atoms with E-state index >= 15 is 0 Å². The number of thioether (sulfide) groups is 1. The highest BCUT2D eigenvalue weighted by molar-refractivity contribution is 7.99. The van der Waals surface area contributed by atoms with Gasteiger partial charge in [-0.05, 0) is 12.2 Å². The van der Waals surface area contributed by atoms with Crippen LogP contribution in [-0.2, 0) is 4.79 Å². The van der Waals surface area contributed by atoms with Gasteiger partial charge in [0.2, 0.25) is 5.91 Å². The largest absolute Gasteiger partial charge is 0.356 e. The average molecular weight is 245 g/mol. The van der Waals surface area contributed by atoms with Crippen LogP contribution in [0.5, 0.6) is 0 Å². The zero-order chi connectivity index (χ0) is 12.1. The summed E-state index contributed by atoms with van der Waals surface area (Å²) in [5, 5.41) is 2.98. The van der Waals surface area contributed by atoms with E-state index in [1.54, 1.807) is 0 Å². The van der Waals surface area contributed by atoms with Crippen molar-refractivity contribution in [1.82, 2.24) is 5.32 Å². The Morgan fingerprint density at radius 3 is 2.44 bits per heavy atom. The lowest BCUT2D eigenvalue weighted by molar-refractivity contribution is -0.120. The second-order valence-electron chi connectivity index (χ2n) is 4.06. The highest BCUT2D eigenvalue weighted by Gasteiger charge is 1.99. The summed E-state index contributed by atoms with van der Waals surface area (Å²) < 4.78 is 0. The molecule has 2 nitrogen and oxygen atoms in total. The molecule has 0 fully saturated rings. The lowest BCUT2D eigenvalue weighted by atomic mass is 10.1. The molecule has 0 aliphatic carbocycles. The first-order valence-electron chi connectivity index (χ1n) is 6.65. The van der Waals surface area contributed by atoms with E-state index in [0.29, 0.717) is 6.42 Å². The number of hydrogen-bond donors (Lipinski definition) is 1. The minimum absolute atomic E-state index is 0.217. The van der Waals surface area contributed by atoms with Crippen LogP contribution in [0.3, 0.4) is 0 Å². The van der Waals surface area contributed by atoms with E-state index in [1.807, 2.05) is 11.8 Å². The van der Waals surface area contributed by atoms with Gasteiger partial charge in [-0.15, -0.1) is 0 Å². The molecule has 0 aliphatic heterocycles. The maximum Gasteiger partial charge on any atom is 0.220 e. The van der Waals surface area contributed by atoms with Gasteiger partial charge in [0.1, 0.15) is 0 Å². The Morgan fingerprint density at radius 1 is 1.06 bits per heavy atom. The van der Waals surface area contributed by atoms with E-state index in [2.05, 4.69) is 19.2 Å². The zero-order valence-electron chi connectivity index (χ0n) is 10.9. The Balaban J connectivity index is 3.09. The Morgan fingerprint density at radius 2 is 1.75 bits per heavy atom. The molecule has 0 unspecified atom stereocenters. The summed E-state index contributed by atoms with van der Waals surface area (Å²) in [5.41, 5.74) is 0. The first-order chi connectivity index (χ1) is 7.81. The van der Waals surface area contributed by atoms with Gasteiger partial charge in [0, 0.05) is 18.7 Å². The first-order valence-corrected chi connectivity index (χ1v) is 7.81. The summed E-state index contributed by atoms with van der Waals surface area (Å²) in [6, 6.07) is 0. The predicted octanol–water partition coefficient (Wildman–Crippen LogP) is 3.61. The molecule has 3 heteroatoms. The molecule has 0 heterocycles. The zero-order valence-corrected chi connectivity index (χ0v) is 11.7. The Kier molecular flexibility index (Phi) is 12.7. The maximum atomic E-state index is 11.3. The van der Waals surface area contributed by atoms with Gasteiger partial charge in [-0.25, -0.2) is 0 Å². The smallest absolute Gasteiger partial charge is 0.220 e. The van der Waals surface area contributed by atoms with Crippen molar-refractivity contribution in [2.75, 3.05) is 18.1 Å². The summed E-state index contributed by atoms with van der Waals surface area (Å²) in [6.07, 6.45) is 8.37. The van der Waals surface area contributed by atoms with Crippen LogP contribution in [0.25, 0.3) is 0 Å². The molecule has 0 saturated heterocycles. The number of carbonyl (C=O) groups is 1. The van der Waals surface area contributed by atoms with Crippen LogP contribution >= 0.6 is 11.8 Å². The van der Waals surface area contributed by atoms with E-state index in [1.165, 1.54) is 32.1 Å².